The van der Waals surface area contributed by atoms with Crippen LogP contribution < -0.4 is 5.73 Å². The van der Waals surface area contributed by atoms with Crippen LogP contribution in [0.15, 0.2) is 22.7 Å². The first-order valence-corrected chi connectivity index (χ1v) is 7.05. The van der Waals surface area contributed by atoms with E-state index >= 15 is 0 Å². The SMILES string of the molecule is CC1CCC(N)C(Cc2cc(F)ccc2Br)C1. The monoisotopic (exact) mass is 299 g/mol. The molecule has 0 aliphatic heterocycles. The van der Waals surface area contributed by atoms with E-state index in [4.69, 9.17) is 5.73 Å². The molecular formula is C14H19BrFN. The van der Waals surface area contributed by atoms with Crippen LogP contribution in [0.3, 0.4) is 0 Å². The van der Waals surface area contributed by atoms with Gasteiger partial charge in [-0.3, -0.25) is 0 Å². The van der Waals surface area contributed by atoms with Crippen molar-refractivity contribution in [1.29, 1.82) is 0 Å². The topological polar surface area (TPSA) is 26.0 Å². The van der Waals surface area contributed by atoms with Crippen molar-refractivity contribution < 1.29 is 4.39 Å². The Morgan fingerprint density at radius 3 is 2.94 bits per heavy atom. The van der Waals surface area contributed by atoms with Crippen LogP contribution in [0.5, 0.6) is 0 Å². The first-order valence-electron chi connectivity index (χ1n) is 6.25. The molecule has 17 heavy (non-hydrogen) atoms. The lowest BCUT2D eigenvalue weighted by molar-refractivity contribution is 0.244. The van der Waals surface area contributed by atoms with Crippen LogP contribution in [0.1, 0.15) is 31.7 Å². The minimum atomic E-state index is -0.166. The van der Waals surface area contributed by atoms with E-state index in [1.54, 1.807) is 12.1 Å². The summed E-state index contributed by atoms with van der Waals surface area (Å²) in [4.78, 5) is 0. The Morgan fingerprint density at radius 1 is 1.41 bits per heavy atom. The normalized spacial score (nSPS) is 29.3. The van der Waals surface area contributed by atoms with Crippen molar-refractivity contribution in [3.05, 3.63) is 34.1 Å². The summed E-state index contributed by atoms with van der Waals surface area (Å²) in [5, 5.41) is 0. The fraction of sp³-hybridized carbons (Fsp3) is 0.571. The quantitative estimate of drug-likeness (QED) is 0.881. The van der Waals surface area contributed by atoms with Crippen molar-refractivity contribution in [3.63, 3.8) is 0 Å². The van der Waals surface area contributed by atoms with Crippen molar-refractivity contribution in [2.75, 3.05) is 0 Å². The molecule has 1 aliphatic rings. The van der Waals surface area contributed by atoms with Crippen LogP contribution in [0.25, 0.3) is 0 Å². The van der Waals surface area contributed by atoms with E-state index in [9.17, 15) is 4.39 Å². The van der Waals surface area contributed by atoms with Gasteiger partial charge in [-0.05, 0) is 61.3 Å². The molecule has 94 valence electrons. The van der Waals surface area contributed by atoms with Crippen molar-refractivity contribution >= 4 is 15.9 Å². The predicted octanol–water partition coefficient (Wildman–Crippen LogP) is 3.89. The molecule has 3 atom stereocenters. The molecule has 3 heteroatoms. The summed E-state index contributed by atoms with van der Waals surface area (Å²) in [6, 6.07) is 5.15. The average Bonchev–Trinajstić information content (AvgIpc) is 2.28. The van der Waals surface area contributed by atoms with Crippen LogP contribution in [-0.4, -0.2) is 6.04 Å². The van der Waals surface area contributed by atoms with Gasteiger partial charge < -0.3 is 5.73 Å². The van der Waals surface area contributed by atoms with Crippen LogP contribution in [0.4, 0.5) is 4.39 Å². The number of nitrogens with two attached hydrogens (primary N) is 1. The third-order valence-electron chi connectivity index (χ3n) is 3.79. The molecule has 1 aliphatic carbocycles. The van der Waals surface area contributed by atoms with Crippen molar-refractivity contribution in [2.45, 2.75) is 38.6 Å². The van der Waals surface area contributed by atoms with Crippen molar-refractivity contribution in [2.24, 2.45) is 17.6 Å². The van der Waals surface area contributed by atoms with E-state index in [1.165, 1.54) is 12.5 Å². The van der Waals surface area contributed by atoms with E-state index < -0.39 is 0 Å². The first-order chi connectivity index (χ1) is 8.06. The second kappa shape index (κ2) is 5.49. The van der Waals surface area contributed by atoms with E-state index in [1.807, 2.05) is 0 Å². The zero-order chi connectivity index (χ0) is 12.4. The van der Waals surface area contributed by atoms with Gasteiger partial charge >= 0.3 is 0 Å². The van der Waals surface area contributed by atoms with Gasteiger partial charge in [-0.15, -0.1) is 0 Å². The zero-order valence-corrected chi connectivity index (χ0v) is 11.7. The summed E-state index contributed by atoms with van der Waals surface area (Å²) < 4.78 is 14.2. The smallest absolute Gasteiger partial charge is 0.123 e. The molecule has 0 heterocycles. The first kappa shape index (κ1) is 13.0. The van der Waals surface area contributed by atoms with E-state index in [-0.39, 0.29) is 11.9 Å². The Balaban J connectivity index is 2.11. The number of hydrogen-bond donors (Lipinski definition) is 1. The van der Waals surface area contributed by atoms with Crippen LogP contribution in [0.2, 0.25) is 0 Å². The van der Waals surface area contributed by atoms with E-state index in [2.05, 4.69) is 22.9 Å². The second-order valence-corrected chi connectivity index (χ2v) is 6.14. The summed E-state index contributed by atoms with van der Waals surface area (Å²) in [6.07, 6.45) is 4.36. The number of benzene rings is 1. The van der Waals surface area contributed by atoms with Crippen molar-refractivity contribution in [1.82, 2.24) is 0 Å². The second-order valence-electron chi connectivity index (χ2n) is 5.28. The molecule has 3 unspecified atom stereocenters. The van der Waals surface area contributed by atoms with Gasteiger partial charge in [0.1, 0.15) is 5.82 Å². The minimum Gasteiger partial charge on any atom is -0.327 e. The molecular weight excluding hydrogens is 281 g/mol. The highest BCUT2D eigenvalue weighted by Gasteiger charge is 2.26. The molecule has 2 N–H and O–H groups in total. The third-order valence-corrected chi connectivity index (χ3v) is 4.57. The summed E-state index contributed by atoms with van der Waals surface area (Å²) in [5.41, 5.74) is 7.21. The highest BCUT2D eigenvalue weighted by molar-refractivity contribution is 9.10. The fourth-order valence-electron chi connectivity index (χ4n) is 2.74. The lowest BCUT2D eigenvalue weighted by Crippen LogP contribution is -2.36. The Morgan fingerprint density at radius 2 is 2.18 bits per heavy atom. The molecule has 2 rings (SSSR count). The Labute approximate surface area is 111 Å². The largest absolute Gasteiger partial charge is 0.327 e. The van der Waals surface area contributed by atoms with Crippen LogP contribution in [-0.2, 0) is 6.42 Å². The fourth-order valence-corrected chi connectivity index (χ4v) is 3.15. The Kier molecular flexibility index (Phi) is 4.21. The molecule has 1 aromatic rings. The Bertz CT molecular complexity index is 394. The van der Waals surface area contributed by atoms with Gasteiger partial charge in [0.2, 0.25) is 0 Å². The minimum absolute atomic E-state index is 0.166. The molecule has 0 amide bonds. The molecule has 0 bridgehead atoms. The number of halogens is 2. The van der Waals surface area contributed by atoms with E-state index in [0.717, 1.165) is 35.2 Å². The predicted molar refractivity (Wildman–Crippen MR) is 72.3 cm³/mol. The highest BCUT2D eigenvalue weighted by atomic mass is 79.9. The van der Waals surface area contributed by atoms with Gasteiger partial charge in [0.05, 0.1) is 0 Å². The lowest BCUT2D eigenvalue weighted by Gasteiger charge is -2.32. The molecule has 1 fully saturated rings. The number of rotatable bonds is 2. The third kappa shape index (κ3) is 3.29. The molecule has 1 nitrogen and oxygen atoms in total. The maximum absolute atomic E-state index is 13.2. The summed E-state index contributed by atoms with van der Waals surface area (Å²) in [6.45, 7) is 2.28. The van der Waals surface area contributed by atoms with Crippen LogP contribution in [0, 0.1) is 17.7 Å². The Hall–Kier alpha value is -0.410. The molecule has 1 aromatic carbocycles. The van der Waals surface area contributed by atoms with Crippen molar-refractivity contribution in [3.8, 4) is 0 Å². The molecule has 0 radical (unpaired) electrons. The molecule has 0 spiro atoms. The molecule has 0 saturated heterocycles. The number of hydrogen-bond acceptors (Lipinski definition) is 1. The maximum Gasteiger partial charge on any atom is 0.123 e. The summed E-state index contributed by atoms with van der Waals surface area (Å²) >= 11 is 3.48. The van der Waals surface area contributed by atoms with Gasteiger partial charge in [0, 0.05) is 10.5 Å². The summed E-state index contributed by atoms with van der Waals surface area (Å²) in [7, 11) is 0. The van der Waals surface area contributed by atoms with Gasteiger partial charge in [-0.1, -0.05) is 22.9 Å². The molecule has 0 aromatic heterocycles. The maximum atomic E-state index is 13.2. The van der Waals surface area contributed by atoms with Gasteiger partial charge in [-0.2, -0.15) is 0 Å². The average molecular weight is 300 g/mol. The summed E-state index contributed by atoms with van der Waals surface area (Å²) in [5.74, 6) is 1.06. The lowest BCUT2D eigenvalue weighted by atomic mass is 9.76. The standard InChI is InChI=1S/C14H19BrFN/c1-9-2-5-14(17)11(6-9)7-10-8-12(16)3-4-13(10)15/h3-4,8-9,11,14H,2,5-7,17H2,1H3. The highest BCUT2D eigenvalue weighted by Crippen LogP contribution is 2.32. The van der Waals surface area contributed by atoms with Gasteiger partial charge in [0.25, 0.3) is 0 Å². The van der Waals surface area contributed by atoms with Gasteiger partial charge in [-0.25, -0.2) is 4.39 Å². The molecule has 1 saturated carbocycles. The zero-order valence-electron chi connectivity index (χ0n) is 10.1. The van der Waals surface area contributed by atoms with Gasteiger partial charge in [0.15, 0.2) is 0 Å². The van der Waals surface area contributed by atoms with Crippen LogP contribution >= 0.6 is 15.9 Å². The van der Waals surface area contributed by atoms with E-state index in [0.29, 0.717) is 5.92 Å².